The summed E-state index contributed by atoms with van der Waals surface area (Å²) in [6.07, 6.45) is 3.33. The molecule has 3 N–H and O–H groups in total. The highest BCUT2D eigenvalue weighted by molar-refractivity contribution is 7.89. The molecule has 4 rings (SSSR count). The number of nitrogens with two attached hydrogens (primary N) is 1. The van der Waals surface area contributed by atoms with Crippen molar-refractivity contribution in [3.63, 3.8) is 0 Å². The van der Waals surface area contributed by atoms with Gasteiger partial charge in [0.2, 0.25) is 10.0 Å². The fourth-order valence-corrected chi connectivity index (χ4v) is 3.31. The number of nitrogens with zero attached hydrogens (tertiary/aromatic N) is 7. The lowest BCUT2D eigenvalue weighted by Crippen LogP contribution is -2.14. The summed E-state index contributed by atoms with van der Waals surface area (Å²) in [6.45, 7) is 1.79. The lowest BCUT2D eigenvalue weighted by Gasteiger charge is -2.11. The molecule has 0 saturated heterocycles. The second kappa shape index (κ2) is 5.39. The van der Waals surface area contributed by atoms with Crippen molar-refractivity contribution >= 4 is 15.8 Å². The Morgan fingerprint density at radius 3 is 2.76 bits per heavy atom. The number of benzene rings is 1. The lowest BCUT2D eigenvalue weighted by atomic mass is 10.0. The largest absolute Gasteiger partial charge is 0.270 e. The lowest BCUT2D eigenvalue weighted by molar-refractivity contribution is 0.598. The third kappa shape index (κ3) is 2.53. The Balaban J connectivity index is 2.05. The number of primary sulfonamides is 1. The minimum Gasteiger partial charge on any atom is -0.270 e. The fourth-order valence-electron chi connectivity index (χ4n) is 2.55. The maximum atomic E-state index is 12.0. The Morgan fingerprint density at radius 2 is 2.04 bits per heavy atom. The van der Waals surface area contributed by atoms with Gasteiger partial charge in [-0.05, 0) is 29.0 Å². The number of hydrogen-bond donors (Lipinski definition) is 2. The van der Waals surface area contributed by atoms with E-state index >= 15 is 0 Å². The number of H-pyrrole nitrogens is 1. The molecule has 1 aromatic carbocycles. The first-order chi connectivity index (χ1) is 11.9. The van der Waals surface area contributed by atoms with Crippen LogP contribution in [0.1, 0.15) is 5.82 Å². The van der Waals surface area contributed by atoms with Crippen molar-refractivity contribution in [2.75, 3.05) is 0 Å². The van der Waals surface area contributed by atoms with Gasteiger partial charge in [0.15, 0.2) is 5.82 Å². The van der Waals surface area contributed by atoms with Gasteiger partial charge in [0.1, 0.15) is 5.82 Å². The Morgan fingerprint density at radius 1 is 1.20 bits per heavy atom. The first-order valence-electron chi connectivity index (χ1n) is 7.03. The quantitative estimate of drug-likeness (QED) is 0.515. The molecule has 25 heavy (non-hydrogen) atoms. The number of aromatic nitrogens is 8. The molecular weight excluding hydrogens is 346 g/mol. The van der Waals surface area contributed by atoms with Crippen LogP contribution in [0.3, 0.4) is 0 Å². The Labute approximate surface area is 141 Å². The highest BCUT2D eigenvalue weighted by Crippen LogP contribution is 2.34. The molecule has 12 heteroatoms. The van der Waals surface area contributed by atoms with Crippen LogP contribution in [0, 0.1) is 6.92 Å². The minimum atomic E-state index is -4.00. The summed E-state index contributed by atoms with van der Waals surface area (Å²) < 4.78 is 25.7. The van der Waals surface area contributed by atoms with E-state index in [4.69, 9.17) is 5.14 Å². The third-order valence-electron chi connectivity index (χ3n) is 3.66. The van der Waals surface area contributed by atoms with Crippen molar-refractivity contribution in [2.45, 2.75) is 11.8 Å². The van der Waals surface area contributed by atoms with Crippen molar-refractivity contribution in [1.29, 1.82) is 0 Å². The van der Waals surface area contributed by atoms with Crippen LogP contribution >= 0.6 is 0 Å². The molecule has 0 aliphatic rings. The number of fused-ring (bicyclic) bond motifs is 1. The summed E-state index contributed by atoms with van der Waals surface area (Å²) >= 11 is 0. The molecule has 0 fully saturated rings. The van der Waals surface area contributed by atoms with E-state index in [-0.39, 0.29) is 16.3 Å². The molecule has 3 heterocycles. The number of nitrogens with one attached hydrogen (secondary N) is 1. The normalized spacial score (nSPS) is 11.9. The predicted molar refractivity (Wildman–Crippen MR) is 85.5 cm³/mol. The van der Waals surface area contributed by atoms with Crippen LogP contribution in [0.2, 0.25) is 0 Å². The van der Waals surface area contributed by atoms with Gasteiger partial charge >= 0.3 is 0 Å². The van der Waals surface area contributed by atoms with E-state index in [9.17, 15) is 8.42 Å². The topological polar surface area (TPSA) is 158 Å². The Hall–Kier alpha value is -3.25. The molecule has 0 aliphatic heterocycles. The van der Waals surface area contributed by atoms with Gasteiger partial charge in [-0.3, -0.25) is 4.40 Å². The summed E-state index contributed by atoms with van der Waals surface area (Å²) in [5, 5.41) is 26.7. The average Bonchev–Trinajstić information content (AvgIpc) is 3.23. The number of aromatic amines is 1. The minimum absolute atomic E-state index is 0.0934. The first kappa shape index (κ1) is 15.3. The SMILES string of the molecule is Cc1nnc2ncc(-c3cccc(S(N)(=O)=O)c3-c3nnn[nH]3)cn12. The van der Waals surface area contributed by atoms with E-state index in [2.05, 4.69) is 35.8 Å². The third-order valence-corrected chi connectivity index (χ3v) is 4.61. The molecule has 3 aromatic heterocycles. The van der Waals surface area contributed by atoms with Crippen LogP contribution in [0.15, 0.2) is 35.5 Å². The van der Waals surface area contributed by atoms with Crippen LogP contribution in [0.4, 0.5) is 0 Å². The maximum Gasteiger partial charge on any atom is 0.254 e. The van der Waals surface area contributed by atoms with Crippen molar-refractivity contribution in [3.05, 3.63) is 36.4 Å². The zero-order valence-electron chi connectivity index (χ0n) is 12.8. The highest BCUT2D eigenvalue weighted by atomic mass is 32.2. The van der Waals surface area contributed by atoms with Gasteiger partial charge in [0, 0.05) is 23.5 Å². The van der Waals surface area contributed by atoms with E-state index in [1.165, 1.54) is 6.07 Å². The summed E-state index contributed by atoms with van der Waals surface area (Å²) in [5.41, 5.74) is 1.45. The zero-order valence-corrected chi connectivity index (χ0v) is 13.6. The monoisotopic (exact) mass is 357 g/mol. The van der Waals surface area contributed by atoms with Gasteiger partial charge < -0.3 is 0 Å². The van der Waals surface area contributed by atoms with Crippen LogP contribution in [0.25, 0.3) is 28.3 Å². The molecular formula is C13H11N9O2S. The van der Waals surface area contributed by atoms with Crippen molar-refractivity contribution < 1.29 is 8.42 Å². The molecule has 0 unspecified atom stereocenters. The predicted octanol–water partition coefficient (Wildman–Crippen LogP) is -0.0728. The molecule has 4 aromatic rings. The molecule has 0 amide bonds. The summed E-state index contributed by atoms with van der Waals surface area (Å²) in [6, 6.07) is 4.72. The van der Waals surface area contributed by atoms with Crippen LogP contribution in [-0.2, 0) is 10.0 Å². The maximum absolute atomic E-state index is 12.0. The van der Waals surface area contributed by atoms with Crippen molar-refractivity contribution in [1.82, 2.24) is 40.2 Å². The molecule has 11 nitrogen and oxygen atoms in total. The van der Waals surface area contributed by atoms with Gasteiger partial charge in [0.05, 0.1) is 4.90 Å². The van der Waals surface area contributed by atoms with Gasteiger partial charge in [-0.25, -0.2) is 23.6 Å². The second-order valence-corrected chi connectivity index (χ2v) is 6.76. The molecule has 0 saturated carbocycles. The number of rotatable bonds is 3. The smallest absolute Gasteiger partial charge is 0.254 e. The molecule has 0 radical (unpaired) electrons. The number of aryl methyl sites for hydroxylation is 1. The molecule has 0 atom stereocenters. The van der Waals surface area contributed by atoms with Gasteiger partial charge in [-0.15, -0.1) is 15.3 Å². The number of hydrogen-bond acceptors (Lipinski definition) is 8. The molecule has 126 valence electrons. The van der Waals surface area contributed by atoms with E-state index in [0.717, 1.165) is 0 Å². The van der Waals surface area contributed by atoms with E-state index < -0.39 is 10.0 Å². The van der Waals surface area contributed by atoms with E-state index in [0.29, 0.717) is 22.7 Å². The second-order valence-electron chi connectivity index (χ2n) is 5.23. The standard InChI is InChI=1S/C13H11N9O2S/c1-7-16-19-13-15-5-8(6-22(7)13)9-3-2-4-10(25(14,23)24)11(9)12-17-20-21-18-12/h2-6H,1H3,(H2,14,23,24)(H,17,18,20,21). The summed E-state index contributed by atoms with van der Waals surface area (Å²) in [5.74, 6) is 1.27. The van der Waals surface area contributed by atoms with Crippen LogP contribution < -0.4 is 5.14 Å². The van der Waals surface area contributed by atoms with Crippen molar-refractivity contribution in [3.8, 4) is 22.5 Å². The first-order valence-corrected chi connectivity index (χ1v) is 8.57. The highest BCUT2D eigenvalue weighted by Gasteiger charge is 2.22. The molecule has 0 spiro atoms. The fraction of sp³-hybridized carbons (Fsp3) is 0.0769. The number of sulfonamides is 1. The molecule has 0 bridgehead atoms. The summed E-state index contributed by atoms with van der Waals surface area (Å²) in [7, 11) is -4.00. The zero-order chi connectivity index (χ0) is 17.6. The van der Waals surface area contributed by atoms with Gasteiger partial charge in [0.25, 0.3) is 5.78 Å². The average molecular weight is 357 g/mol. The number of tetrazole rings is 1. The van der Waals surface area contributed by atoms with Crippen LogP contribution in [0.5, 0.6) is 0 Å². The van der Waals surface area contributed by atoms with E-state index in [1.807, 2.05) is 0 Å². The van der Waals surface area contributed by atoms with Crippen molar-refractivity contribution in [2.24, 2.45) is 5.14 Å². The molecule has 0 aliphatic carbocycles. The summed E-state index contributed by atoms with van der Waals surface area (Å²) in [4.78, 5) is 4.15. The van der Waals surface area contributed by atoms with E-state index in [1.54, 1.807) is 35.9 Å². The van der Waals surface area contributed by atoms with Crippen LogP contribution in [-0.4, -0.2) is 48.6 Å². The van der Waals surface area contributed by atoms with Gasteiger partial charge in [-0.1, -0.05) is 12.1 Å². The Kier molecular flexibility index (Phi) is 3.30. The Bertz CT molecular complexity index is 1180. The van der Waals surface area contributed by atoms with Gasteiger partial charge in [-0.2, -0.15) is 0 Å².